The summed E-state index contributed by atoms with van der Waals surface area (Å²) in [6.45, 7) is 8.48. The number of aliphatic imine (C=N–C) groups is 1. The van der Waals surface area contributed by atoms with Gasteiger partial charge in [-0.05, 0) is 38.3 Å². The molecule has 0 bridgehead atoms. The van der Waals surface area contributed by atoms with Crippen LogP contribution in [0.25, 0.3) is 0 Å². The molecule has 0 saturated carbocycles. The molecule has 0 spiro atoms. The highest BCUT2D eigenvalue weighted by atomic mass is 32.2. The Morgan fingerprint density at radius 1 is 1.25 bits per heavy atom. The predicted molar refractivity (Wildman–Crippen MR) is 89.8 cm³/mol. The summed E-state index contributed by atoms with van der Waals surface area (Å²) in [5, 5.41) is 5.36. The van der Waals surface area contributed by atoms with Crippen molar-refractivity contribution < 1.29 is 0 Å². The topological polar surface area (TPSA) is 36.8 Å². The maximum absolute atomic E-state index is 4.60. The van der Waals surface area contributed by atoms with Gasteiger partial charge in [0.05, 0.1) is 11.3 Å². The summed E-state index contributed by atoms with van der Waals surface area (Å²) in [5.41, 5.74) is 6.67. The largest absolute Gasteiger partial charge is 0.256 e. The Bertz CT molecular complexity index is 510. The Labute approximate surface area is 126 Å². The first-order valence-corrected chi connectivity index (χ1v) is 8.11. The molecule has 1 aliphatic heterocycles. The van der Waals surface area contributed by atoms with E-state index in [9.17, 15) is 0 Å². The summed E-state index contributed by atoms with van der Waals surface area (Å²) >= 11 is 1.72. The van der Waals surface area contributed by atoms with Crippen molar-refractivity contribution in [1.82, 2.24) is 5.43 Å². The molecule has 0 fully saturated rings. The van der Waals surface area contributed by atoms with Gasteiger partial charge in [0.25, 0.3) is 0 Å². The van der Waals surface area contributed by atoms with E-state index in [1.807, 2.05) is 0 Å². The van der Waals surface area contributed by atoms with E-state index in [0.717, 1.165) is 23.1 Å². The molecule has 20 heavy (non-hydrogen) atoms. The van der Waals surface area contributed by atoms with E-state index in [0.29, 0.717) is 0 Å². The van der Waals surface area contributed by atoms with Crippen LogP contribution in [0.5, 0.6) is 0 Å². The van der Waals surface area contributed by atoms with Gasteiger partial charge in [-0.2, -0.15) is 5.10 Å². The molecule has 1 aromatic carbocycles. The molecule has 0 radical (unpaired) electrons. The van der Waals surface area contributed by atoms with Crippen LogP contribution in [0.1, 0.15) is 45.2 Å². The first kappa shape index (κ1) is 15.1. The average Bonchev–Trinajstić information content (AvgIpc) is 2.39. The number of nitrogens with zero attached hydrogens (tertiary/aromatic N) is 2. The Balaban J connectivity index is 2.06. The Hall–Kier alpha value is -1.29. The van der Waals surface area contributed by atoms with Gasteiger partial charge in [-0.3, -0.25) is 10.4 Å². The van der Waals surface area contributed by atoms with Crippen LogP contribution in [-0.2, 0) is 6.42 Å². The highest BCUT2D eigenvalue weighted by molar-refractivity contribution is 8.14. The van der Waals surface area contributed by atoms with Crippen molar-refractivity contribution in [1.29, 1.82) is 0 Å². The minimum atomic E-state index is -0.0653. The third-order valence-electron chi connectivity index (χ3n) is 2.89. The molecule has 0 aliphatic carbocycles. The molecule has 2 rings (SSSR count). The fourth-order valence-electron chi connectivity index (χ4n) is 1.98. The Morgan fingerprint density at radius 2 is 1.95 bits per heavy atom. The standard InChI is InChI=1S/C16H23N3S/c1-5-6-12-7-9-13(10-8-12)14-11-20-15(19-18-14)17-16(2,3)4/h7-10H,5-6,11H2,1-4H3,(H,17,19). The van der Waals surface area contributed by atoms with Gasteiger partial charge in [0.15, 0.2) is 5.17 Å². The summed E-state index contributed by atoms with van der Waals surface area (Å²) in [5.74, 6) is 0.870. The zero-order valence-corrected chi connectivity index (χ0v) is 13.5. The van der Waals surface area contributed by atoms with Gasteiger partial charge in [-0.25, -0.2) is 0 Å². The SMILES string of the molecule is CCCc1ccc(C2=NNC(=NC(C)(C)C)SC2)cc1. The van der Waals surface area contributed by atoms with Gasteiger partial charge >= 0.3 is 0 Å². The smallest absolute Gasteiger partial charge is 0.178 e. The summed E-state index contributed by atoms with van der Waals surface area (Å²) < 4.78 is 0. The molecule has 4 heteroatoms. The molecule has 1 aromatic rings. The maximum Gasteiger partial charge on any atom is 0.178 e. The number of hydrogen-bond acceptors (Lipinski definition) is 3. The molecule has 0 aromatic heterocycles. The highest BCUT2D eigenvalue weighted by Crippen LogP contribution is 2.17. The second kappa shape index (κ2) is 6.44. The summed E-state index contributed by atoms with van der Waals surface area (Å²) in [6, 6.07) is 8.73. The number of hydrogen-bond donors (Lipinski definition) is 1. The maximum atomic E-state index is 4.60. The zero-order valence-electron chi connectivity index (χ0n) is 12.7. The number of benzene rings is 1. The van der Waals surface area contributed by atoms with Gasteiger partial charge in [0.1, 0.15) is 0 Å². The molecule has 0 amide bonds. The van der Waals surface area contributed by atoms with Crippen LogP contribution < -0.4 is 5.43 Å². The Morgan fingerprint density at radius 3 is 2.45 bits per heavy atom. The van der Waals surface area contributed by atoms with Crippen LogP contribution in [0.2, 0.25) is 0 Å². The molecule has 0 atom stereocenters. The lowest BCUT2D eigenvalue weighted by Gasteiger charge is -2.19. The summed E-state index contributed by atoms with van der Waals surface area (Å²) in [6.07, 6.45) is 2.33. The second-order valence-electron chi connectivity index (χ2n) is 5.99. The first-order valence-electron chi connectivity index (χ1n) is 7.12. The molecular formula is C16H23N3S. The fourth-order valence-corrected chi connectivity index (χ4v) is 2.93. The van der Waals surface area contributed by atoms with E-state index >= 15 is 0 Å². The molecule has 108 valence electrons. The third kappa shape index (κ3) is 4.37. The molecule has 0 saturated heterocycles. The van der Waals surface area contributed by atoms with Crippen LogP contribution in [-0.4, -0.2) is 22.2 Å². The van der Waals surface area contributed by atoms with E-state index in [2.05, 4.69) is 67.5 Å². The number of rotatable bonds is 3. The van der Waals surface area contributed by atoms with E-state index in [1.54, 1.807) is 11.8 Å². The normalized spacial score (nSPS) is 17.8. The second-order valence-corrected chi connectivity index (χ2v) is 6.96. The molecule has 1 heterocycles. The van der Waals surface area contributed by atoms with Crippen LogP contribution in [0.3, 0.4) is 0 Å². The van der Waals surface area contributed by atoms with Crippen LogP contribution in [0, 0.1) is 0 Å². The minimum Gasteiger partial charge on any atom is -0.256 e. The van der Waals surface area contributed by atoms with Gasteiger partial charge in [-0.15, -0.1) is 0 Å². The molecular weight excluding hydrogens is 266 g/mol. The Kier molecular flexibility index (Phi) is 4.86. The van der Waals surface area contributed by atoms with Gasteiger partial charge in [0, 0.05) is 5.75 Å². The lowest BCUT2D eigenvalue weighted by Crippen LogP contribution is -2.28. The number of hydrazone groups is 1. The van der Waals surface area contributed by atoms with Crippen molar-refractivity contribution in [2.75, 3.05) is 5.75 Å². The molecule has 0 unspecified atom stereocenters. The lowest BCUT2D eigenvalue weighted by molar-refractivity contribution is 0.582. The van der Waals surface area contributed by atoms with Crippen LogP contribution in [0.4, 0.5) is 0 Å². The third-order valence-corrected chi connectivity index (χ3v) is 3.77. The summed E-state index contributed by atoms with van der Waals surface area (Å²) in [7, 11) is 0. The minimum absolute atomic E-state index is 0.0653. The van der Waals surface area contributed by atoms with E-state index in [1.165, 1.54) is 17.5 Å². The summed E-state index contributed by atoms with van der Waals surface area (Å²) in [4.78, 5) is 4.60. The van der Waals surface area contributed by atoms with Crippen molar-refractivity contribution in [2.24, 2.45) is 10.1 Å². The van der Waals surface area contributed by atoms with Crippen molar-refractivity contribution >= 4 is 22.6 Å². The van der Waals surface area contributed by atoms with E-state index in [-0.39, 0.29) is 5.54 Å². The van der Waals surface area contributed by atoms with Crippen molar-refractivity contribution in [3.8, 4) is 0 Å². The van der Waals surface area contributed by atoms with E-state index in [4.69, 9.17) is 0 Å². The van der Waals surface area contributed by atoms with Crippen molar-refractivity contribution in [2.45, 2.75) is 46.1 Å². The first-order chi connectivity index (χ1) is 9.48. The monoisotopic (exact) mass is 289 g/mol. The van der Waals surface area contributed by atoms with Crippen LogP contribution in [0.15, 0.2) is 34.4 Å². The average molecular weight is 289 g/mol. The van der Waals surface area contributed by atoms with Gasteiger partial charge < -0.3 is 0 Å². The van der Waals surface area contributed by atoms with E-state index < -0.39 is 0 Å². The molecule has 1 N–H and O–H groups in total. The van der Waals surface area contributed by atoms with Gasteiger partial charge in [-0.1, -0.05) is 49.4 Å². The zero-order chi connectivity index (χ0) is 14.6. The molecule has 1 aliphatic rings. The number of nitrogens with one attached hydrogen (secondary N) is 1. The number of thioether (sulfide) groups is 1. The number of aryl methyl sites for hydroxylation is 1. The van der Waals surface area contributed by atoms with Crippen molar-refractivity contribution in [3.05, 3.63) is 35.4 Å². The predicted octanol–water partition coefficient (Wildman–Crippen LogP) is 3.83. The number of amidine groups is 1. The van der Waals surface area contributed by atoms with Crippen LogP contribution >= 0.6 is 11.8 Å². The quantitative estimate of drug-likeness (QED) is 0.918. The fraction of sp³-hybridized carbons (Fsp3) is 0.500. The molecule has 3 nitrogen and oxygen atoms in total. The lowest BCUT2D eigenvalue weighted by atomic mass is 10.1. The highest BCUT2D eigenvalue weighted by Gasteiger charge is 2.16. The van der Waals surface area contributed by atoms with Crippen molar-refractivity contribution in [3.63, 3.8) is 0 Å². The van der Waals surface area contributed by atoms with Gasteiger partial charge in [0.2, 0.25) is 0 Å².